The molecule has 0 amide bonds. The third-order valence-corrected chi connectivity index (χ3v) is 2.89. The number of benzene rings is 2. The summed E-state index contributed by atoms with van der Waals surface area (Å²) in [6.07, 6.45) is 2.33. The van der Waals surface area contributed by atoms with Gasteiger partial charge in [0.15, 0.2) is 0 Å². The Labute approximate surface area is 109 Å². The van der Waals surface area contributed by atoms with Gasteiger partial charge in [0.05, 0.1) is 0 Å². The van der Waals surface area contributed by atoms with Gasteiger partial charge in [-0.1, -0.05) is 44.2 Å². The summed E-state index contributed by atoms with van der Waals surface area (Å²) in [5.41, 5.74) is 1.34. The van der Waals surface area contributed by atoms with Crippen molar-refractivity contribution in [2.75, 3.05) is 0 Å². The number of ether oxygens (including phenoxy) is 1. The van der Waals surface area contributed by atoms with E-state index in [1.165, 1.54) is 12.0 Å². The van der Waals surface area contributed by atoms with E-state index in [1.807, 2.05) is 36.4 Å². The molecule has 0 aliphatic carbocycles. The Balaban J connectivity index is 2.03. The molecular formula is C17H20O. The molecule has 0 N–H and O–H groups in total. The van der Waals surface area contributed by atoms with Crippen LogP contribution in [0.3, 0.4) is 0 Å². The molecule has 0 saturated carbocycles. The van der Waals surface area contributed by atoms with E-state index in [9.17, 15) is 0 Å². The van der Waals surface area contributed by atoms with Crippen molar-refractivity contribution >= 4 is 0 Å². The molecule has 1 heteroatoms. The van der Waals surface area contributed by atoms with Crippen LogP contribution >= 0.6 is 0 Å². The maximum absolute atomic E-state index is 5.83. The van der Waals surface area contributed by atoms with E-state index >= 15 is 0 Å². The smallest absolute Gasteiger partial charge is 0.127 e. The highest BCUT2D eigenvalue weighted by Gasteiger charge is 2.00. The number of para-hydroxylation sites is 1. The van der Waals surface area contributed by atoms with Crippen LogP contribution in [0.15, 0.2) is 54.6 Å². The average molecular weight is 240 g/mol. The second-order valence-corrected chi connectivity index (χ2v) is 5.00. The predicted molar refractivity (Wildman–Crippen MR) is 76.1 cm³/mol. The number of hydrogen-bond acceptors (Lipinski definition) is 1. The van der Waals surface area contributed by atoms with Gasteiger partial charge in [0.1, 0.15) is 11.5 Å². The second-order valence-electron chi connectivity index (χ2n) is 5.00. The van der Waals surface area contributed by atoms with Crippen molar-refractivity contribution in [3.05, 3.63) is 60.2 Å². The molecule has 0 aromatic heterocycles. The summed E-state index contributed by atoms with van der Waals surface area (Å²) >= 11 is 0. The normalized spacial score (nSPS) is 10.6. The fraction of sp³-hybridized carbons (Fsp3) is 0.294. The van der Waals surface area contributed by atoms with E-state index in [-0.39, 0.29) is 0 Å². The Morgan fingerprint density at radius 3 is 2.33 bits per heavy atom. The average Bonchev–Trinajstić information content (AvgIpc) is 2.38. The van der Waals surface area contributed by atoms with Crippen LogP contribution in [0.1, 0.15) is 25.8 Å². The zero-order valence-electron chi connectivity index (χ0n) is 11.1. The molecule has 0 fully saturated rings. The van der Waals surface area contributed by atoms with Gasteiger partial charge < -0.3 is 4.74 Å². The molecule has 0 aliphatic rings. The topological polar surface area (TPSA) is 9.23 Å². The molecule has 1 nitrogen and oxygen atoms in total. The predicted octanol–water partition coefficient (Wildman–Crippen LogP) is 5.07. The highest BCUT2D eigenvalue weighted by Crippen LogP contribution is 2.22. The first-order valence-corrected chi connectivity index (χ1v) is 6.56. The highest BCUT2D eigenvalue weighted by molar-refractivity contribution is 5.33. The van der Waals surface area contributed by atoms with E-state index in [0.717, 1.165) is 23.8 Å². The van der Waals surface area contributed by atoms with Crippen LogP contribution in [-0.4, -0.2) is 0 Å². The summed E-state index contributed by atoms with van der Waals surface area (Å²) in [7, 11) is 0. The van der Waals surface area contributed by atoms with Crippen molar-refractivity contribution in [2.45, 2.75) is 26.7 Å². The summed E-state index contributed by atoms with van der Waals surface area (Å²) in [5.74, 6) is 2.55. The van der Waals surface area contributed by atoms with Gasteiger partial charge in [-0.3, -0.25) is 0 Å². The SMILES string of the molecule is CC(C)CCc1cccc(Oc2ccccc2)c1. The van der Waals surface area contributed by atoms with Gasteiger partial charge in [-0.15, -0.1) is 0 Å². The van der Waals surface area contributed by atoms with Gasteiger partial charge in [0.2, 0.25) is 0 Å². The molecule has 0 spiro atoms. The van der Waals surface area contributed by atoms with Crippen LogP contribution in [0, 0.1) is 5.92 Å². The first-order chi connectivity index (χ1) is 8.74. The maximum atomic E-state index is 5.83. The van der Waals surface area contributed by atoms with Gasteiger partial charge in [0.25, 0.3) is 0 Å². The van der Waals surface area contributed by atoms with Crippen LogP contribution in [0.5, 0.6) is 11.5 Å². The molecule has 0 heterocycles. The van der Waals surface area contributed by atoms with E-state index in [4.69, 9.17) is 4.74 Å². The van der Waals surface area contributed by atoms with E-state index in [2.05, 4.69) is 32.0 Å². The minimum Gasteiger partial charge on any atom is -0.457 e. The lowest BCUT2D eigenvalue weighted by Gasteiger charge is -2.08. The van der Waals surface area contributed by atoms with Crippen molar-refractivity contribution in [3.8, 4) is 11.5 Å². The van der Waals surface area contributed by atoms with Gasteiger partial charge in [0, 0.05) is 0 Å². The molecule has 0 atom stereocenters. The Morgan fingerprint density at radius 1 is 0.889 bits per heavy atom. The molecule has 0 aliphatic heterocycles. The van der Waals surface area contributed by atoms with Crippen LogP contribution in [0.4, 0.5) is 0 Å². The highest BCUT2D eigenvalue weighted by atomic mass is 16.5. The molecular weight excluding hydrogens is 220 g/mol. The fourth-order valence-electron chi connectivity index (χ4n) is 1.84. The first kappa shape index (κ1) is 12.7. The molecule has 2 aromatic rings. The third-order valence-electron chi connectivity index (χ3n) is 2.89. The molecule has 0 unspecified atom stereocenters. The van der Waals surface area contributed by atoms with Crippen molar-refractivity contribution in [1.82, 2.24) is 0 Å². The largest absolute Gasteiger partial charge is 0.457 e. The Kier molecular flexibility index (Phi) is 4.40. The summed E-state index contributed by atoms with van der Waals surface area (Å²) in [5, 5.41) is 0. The van der Waals surface area contributed by atoms with Crippen molar-refractivity contribution < 1.29 is 4.74 Å². The standard InChI is InChI=1S/C17H20O/c1-14(2)11-12-15-7-6-10-17(13-15)18-16-8-4-3-5-9-16/h3-10,13-14H,11-12H2,1-2H3. The quantitative estimate of drug-likeness (QED) is 0.709. The summed E-state index contributed by atoms with van der Waals surface area (Å²) in [4.78, 5) is 0. The molecule has 2 aromatic carbocycles. The van der Waals surface area contributed by atoms with Crippen LogP contribution in [0.25, 0.3) is 0 Å². The second kappa shape index (κ2) is 6.25. The molecule has 2 rings (SSSR count). The Bertz CT molecular complexity index is 474. The lowest BCUT2D eigenvalue weighted by atomic mass is 10.0. The molecule has 0 saturated heterocycles. The number of hydrogen-bond donors (Lipinski definition) is 0. The van der Waals surface area contributed by atoms with Gasteiger partial charge in [-0.2, -0.15) is 0 Å². The minimum atomic E-state index is 0.740. The molecule has 0 radical (unpaired) electrons. The summed E-state index contributed by atoms with van der Waals surface area (Å²) in [6.45, 7) is 4.51. The number of aryl methyl sites for hydroxylation is 1. The molecule has 94 valence electrons. The van der Waals surface area contributed by atoms with E-state index in [1.54, 1.807) is 0 Å². The van der Waals surface area contributed by atoms with Gasteiger partial charge in [-0.05, 0) is 48.6 Å². The maximum Gasteiger partial charge on any atom is 0.127 e. The zero-order valence-corrected chi connectivity index (χ0v) is 11.1. The van der Waals surface area contributed by atoms with Gasteiger partial charge in [-0.25, -0.2) is 0 Å². The van der Waals surface area contributed by atoms with Crippen LogP contribution < -0.4 is 4.74 Å². The monoisotopic (exact) mass is 240 g/mol. The van der Waals surface area contributed by atoms with Crippen molar-refractivity contribution in [2.24, 2.45) is 5.92 Å². The first-order valence-electron chi connectivity index (χ1n) is 6.56. The van der Waals surface area contributed by atoms with Crippen molar-refractivity contribution in [3.63, 3.8) is 0 Å². The summed E-state index contributed by atoms with van der Waals surface area (Å²) in [6, 6.07) is 18.3. The zero-order chi connectivity index (χ0) is 12.8. The lowest BCUT2D eigenvalue weighted by Crippen LogP contribution is -1.92. The van der Waals surface area contributed by atoms with E-state index < -0.39 is 0 Å². The minimum absolute atomic E-state index is 0.740. The molecule has 0 bridgehead atoms. The van der Waals surface area contributed by atoms with E-state index in [0.29, 0.717) is 0 Å². The Hall–Kier alpha value is -1.76. The summed E-state index contributed by atoms with van der Waals surface area (Å²) < 4.78 is 5.83. The number of rotatable bonds is 5. The molecule has 18 heavy (non-hydrogen) atoms. The third kappa shape index (κ3) is 3.92. The van der Waals surface area contributed by atoms with Gasteiger partial charge >= 0.3 is 0 Å². The van der Waals surface area contributed by atoms with Crippen LogP contribution in [0.2, 0.25) is 0 Å². The Morgan fingerprint density at radius 2 is 1.61 bits per heavy atom. The fourth-order valence-corrected chi connectivity index (χ4v) is 1.84. The van der Waals surface area contributed by atoms with Crippen molar-refractivity contribution in [1.29, 1.82) is 0 Å². The lowest BCUT2D eigenvalue weighted by molar-refractivity contribution is 0.481. The van der Waals surface area contributed by atoms with Crippen LogP contribution in [-0.2, 0) is 6.42 Å².